The second kappa shape index (κ2) is 12.9. The van der Waals surface area contributed by atoms with Crippen molar-refractivity contribution in [3.05, 3.63) is 81.7 Å². The maximum Gasteiger partial charge on any atom is 0.199 e. The van der Waals surface area contributed by atoms with Crippen LogP contribution in [0.1, 0.15) is 109 Å². The summed E-state index contributed by atoms with van der Waals surface area (Å²) in [5.41, 5.74) is 2.33. The first kappa shape index (κ1) is 35.5. The van der Waals surface area contributed by atoms with Gasteiger partial charge in [0.25, 0.3) is 0 Å². The molecule has 5 unspecified atom stereocenters. The smallest absolute Gasteiger partial charge is 0.199 e. The first-order valence-electron chi connectivity index (χ1n) is 17.1. The lowest BCUT2D eigenvalue weighted by Crippen LogP contribution is -2.50. The summed E-state index contributed by atoms with van der Waals surface area (Å²) >= 11 is 0. The van der Waals surface area contributed by atoms with E-state index in [2.05, 4.69) is 32.6 Å². The Balaban J connectivity index is 1.61. The molecule has 1 saturated heterocycles. The van der Waals surface area contributed by atoms with Crippen molar-refractivity contribution in [3.8, 4) is 17.2 Å². The number of rotatable bonds is 9. The third-order valence-electron chi connectivity index (χ3n) is 10.4. The number of phenols is 1. The minimum atomic E-state index is -1.15. The number of Topliss-reactive ketones (excluding diaryl/α,β-unsaturated/α-hetero) is 2. The maximum atomic E-state index is 14.5. The zero-order chi connectivity index (χ0) is 35.3. The van der Waals surface area contributed by atoms with Crippen LogP contribution < -0.4 is 9.47 Å². The number of benzene rings is 1. The molecule has 0 spiro atoms. The maximum absolute atomic E-state index is 14.5. The van der Waals surface area contributed by atoms with Crippen LogP contribution in [0, 0.1) is 11.8 Å². The molecule has 1 aliphatic carbocycles. The quantitative estimate of drug-likeness (QED) is 0.161. The number of carbonyl (C=O) groups excluding carboxylic acids is 2. The number of aromatic hydroxyl groups is 1. The van der Waals surface area contributed by atoms with Gasteiger partial charge in [0.15, 0.2) is 11.6 Å². The van der Waals surface area contributed by atoms with E-state index in [9.17, 15) is 14.7 Å². The summed E-state index contributed by atoms with van der Waals surface area (Å²) in [7, 11) is 1.57. The van der Waals surface area contributed by atoms with Gasteiger partial charge in [-0.05, 0) is 106 Å². The van der Waals surface area contributed by atoms with Gasteiger partial charge in [-0.3, -0.25) is 9.59 Å². The van der Waals surface area contributed by atoms with Crippen molar-refractivity contribution in [2.45, 2.75) is 117 Å². The van der Waals surface area contributed by atoms with Crippen molar-refractivity contribution < 1.29 is 33.6 Å². The Morgan fingerprint density at radius 3 is 2.38 bits per heavy atom. The number of carbonyl (C=O) groups is 2. The Bertz CT molecular complexity index is 1690. The van der Waals surface area contributed by atoms with Gasteiger partial charge in [-0.2, -0.15) is 0 Å². The van der Waals surface area contributed by atoms with Crippen molar-refractivity contribution in [2.75, 3.05) is 7.11 Å². The number of fused-ring (bicyclic) bond motifs is 6. The molecular weight excluding hydrogens is 604 g/mol. The third kappa shape index (κ3) is 6.46. The molecule has 1 aromatic carbocycles. The SMILES string of the molecule is C=C(OC)/C(C)=C\CC1(C)OC(C)(C)C2CC(C=C3C(=O)c4c(O)c5c(c(CC=C(C)C)c4OC32)OC(C)(CCC=C(C)C)C=C5)C1=O. The largest absolute Gasteiger partial charge is 0.506 e. The predicted molar refractivity (Wildman–Crippen MR) is 189 cm³/mol. The van der Waals surface area contributed by atoms with Crippen LogP contribution in [-0.4, -0.2) is 46.7 Å². The molecule has 48 heavy (non-hydrogen) atoms. The molecule has 5 rings (SSSR count). The Morgan fingerprint density at radius 2 is 1.73 bits per heavy atom. The Hall–Kier alpha value is -3.84. The van der Waals surface area contributed by atoms with Crippen LogP contribution in [0.3, 0.4) is 0 Å². The minimum Gasteiger partial charge on any atom is -0.506 e. The molecular formula is C41H52O7. The van der Waals surface area contributed by atoms with Gasteiger partial charge >= 0.3 is 0 Å². The highest BCUT2D eigenvalue weighted by atomic mass is 16.5. The van der Waals surface area contributed by atoms with E-state index in [1.165, 1.54) is 5.57 Å². The fraction of sp³-hybridized carbons (Fsp3) is 0.512. The van der Waals surface area contributed by atoms with Gasteiger partial charge in [0.05, 0.1) is 18.3 Å². The number of phenolic OH excluding ortho intramolecular Hbond substituents is 1. The highest BCUT2D eigenvalue weighted by molar-refractivity contribution is 6.16. The van der Waals surface area contributed by atoms with Crippen molar-refractivity contribution >= 4 is 17.6 Å². The Kier molecular flexibility index (Phi) is 9.52. The van der Waals surface area contributed by atoms with E-state index in [4.69, 9.17) is 18.9 Å². The van der Waals surface area contributed by atoms with E-state index in [-0.39, 0.29) is 28.8 Å². The van der Waals surface area contributed by atoms with Crippen LogP contribution in [-0.2, 0) is 20.7 Å². The molecule has 0 saturated carbocycles. The summed E-state index contributed by atoms with van der Waals surface area (Å²) in [6.07, 6.45) is 14.0. The minimum absolute atomic E-state index is 0.0858. The van der Waals surface area contributed by atoms with Crippen molar-refractivity contribution in [1.29, 1.82) is 0 Å². The van der Waals surface area contributed by atoms with E-state index in [1.54, 1.807) is 13.2 Å². The Labute approximate surface area is 286 Å². The third-order valence-corrected chi connectivity index (χ3v) is 10.4. The van der Waals surface area contributed by atoms with Crippen LogP contribution in [0.5, 0.6) is 17.2 Å². The molecule has 1 fully saturated rings. The Morgan fingerprint density at radius 1 is 1.04 bits per heavy atom. The molecule has 2 bridgehead atoms. The number of allylic oxidation sites excluding steroid dienone is 6. The van der Waals surface area contributed by atoms with E-state index in [1.807, 2.05) is 66.7 Å². The molecule has 3 aliphatic heterocycles. The van der Waals surface area contributed by atoms with E-state index < -0.39 is 28.8 Å². The zero-order valence-electron chi connectivity index (χ0n) is 30.3. The predicted octanol–water partition coefficient (Wildman–Crippen LogP) is 8.95. The molecule has 5 atom stereocenters. The summed E-state index contributed by atoms with van der Waals surface area (Å²) in [5, 5.41) is 11.7. The zero-order valence-corrected chi connectivity index (χ0v) is 30.3. The molecule has 4 aliphatic rings. The second-order valence-corrected chi connectivity index (χ2v) is 15.3. The van der Waals surface area contributed by atoms with Crippen molar-refractivity contribution in [2.24, 2.45) is 11.8 Å². The lowest BCUT2D eigenvalue weighted by atomic mass is 9.69. The molecule has 0 amide bonds. The first-order chi connectivity index (χ1) is 22.4. The number of ether oxygens (including phenoxy) is 4. The highest BCUT2D eigenvalue weighted by Gasteiger charge is 2.57. The van der Waals surface area contributed by atoms with Crippen LogP contribution in [0.15, 0.2) is 65.0 Å². The first-order valence-corrected chi connectivity index (χ1v) is 17.1. The van der Waals surface area contributed by atoms with Gasteiger partial charge in [-0.25, -0.2) is 0 Å². The topological polar surface area (TPSA) is 91.3 Å². The molecule has 1 N–H and O–H groups in total. The molecule has 0 radical (unpaired) electrons. The van der Waals surface area contributed by atoms with Gasteiger partial charge in [-0.15, -0.1) is 0 Å². The van der Waals surface area contributed by atoms with Crippen molar-refractivity contribution in [3.63, 3.8) is 0 Å². The van der Waals surface area contributed by atoms with Crippen LogP contribution in [0.2, 0.25) is 0 Å². The summed E-state index contributed by atoms with van der Waals surface area (Å²) < 4.78 is 25.7. The standard InChI is InChI=1S/C41H52O7/c1-23(2)13-12-18-40(9)19-17-28-33(42)32-34(43)30-21-27-22-31(36(30)46-37(32)29(35(28)47-40)15-14-24(3)4)39(7,8)48-41(10,38(27)44)20-16-25(5)26(6)45-11/h13-14,16-17,19,21,27,31,36,42H,6,12,15,18,20,22H2,1-5,7-11H3/b25-16-. The number of methoxy groups -OCH3 is 1. The summed E-state index contributed by atoms with van der Waals surface area (Å²) in [5.74, 6) is -0.00388. The molecule has 0 aromatic heterocycles. The van der Waals surface area contributed by atoms with Gasteiger partial charge in [0.1, 0.15) is 45.9 Å². The fourth-order valence-electron chi connectivity index (χ4n) is 7.49. The van der Waals surface area contributed by atoms with Crippen LogP contribution in [0.25, 0.3) is 6.08 Å². The number of ketones is 2. The van der Waals surface area contributed by atoms with Gasteiger partial charge < -0.3 is 24.1 Å². The summed E-state index contributed by atoms with van der Waals surface area (Å²) in [6.45, 7) is 21.9. The summed E-state index contributed by atoms with van der Waals surface area (Å²) in [4.78, 5) is 28.7. The number of hydrogen-bond acceptors (Lipinski definition) is 7. The van der Waals surface area contributed by atoms with E-state index >= 15 is 0 Å². The lowest BCUT2D eigenvalue weighted by molar-refractivity contribution is -0.171. The summed E-state index contributed by atoms with van der Waals surface area (Å²) in [6, 6.07) is 0. The molecule has 7 nitrogen and oxygen atoms in total. The highest BCUT2D eigenvalue weighted by Crippen LogP contribution is 2.55. The molecule has 1 aromatic rings. The second-order valence-electron chi connectivity index (χ2n) is 15.3. The molecule has 7 heteroatoms. The van der Waals surface area contributed by atoms with E-state index in [0.29, 0.717) is 47.7 Å². The average Bonchev–Trinajstić information content (AvgIpc) is 3.06. The van der Waals surface area contributed by atoms with Gasteiger partial charge in [0.2, 0.25) is 0 Å². The van der Waals surface area contributed by atoms with Crippen LogP contribution >= 0.6 is 0 Å². The molecule has 258 valence electrons. The van der Waals surface area contributed by atoms with E-state index in [0.717, 1.165) is 29.6 Å². The van der Waals surface area contributed by atoms with Crippen molar-refractivity contribution in [1.82, 2.24) is 0 Å². The fourth-order valence-corrected chi connectivity index (χ4v) is 7.49. The average molecular weight is 657 g/mol. The van der Waals surface area contributed by atoms with Gasteiger partial charge in [-0.1, -0.05) is 42.0 Å². The number of hydrogen-bond donors (Lipinski definition) is 1. The van der Waals surface area contributed by atoms with Crippen LogP contribution in [0.4, 0.5) is 0 Å². The monoisotopic (exact) mass is 656 g/mol. The lowest BCUT2D eigenvalue weighted by Gasteiger charge is -2.45. The molecule has 3 heterocycles. The van der Waals surface area contributed by atoms with Gasteiger partial charge in [0, 0.05) is 29.4 Å². The normalized spacial score (nSPS) is 28.4.